The maximum Gasteiger partial charge on any atom is 0.232 e. The summed E-state index contributed by atoms with van der Waals surface area (Å²) in [5.74, 6) is 1.20. The fraction of sp³-hybridized carbons (Fsp3) is 0.333. The van der Waals surface area contributed by atoms with Crippen molar-refractivity contribution in [2.45, 2.75) is 19.8 Å². The fourth-order valence-corrected chi connectivity index (χ4v) is 3.28. The van der Waals surface area contributed by atoms with E-state index < -0.39 is 0 Å². The Bertz CT molecular complexity index is 890. The first kappa shape index (κ1) is 16.8. The van der Waals surface area contributed by atoms with Gasteiger partial charge in [0.25, 0.3) is 0 Å². The van der Waals surface area contributed by atoms with E-state index in [0.717, 1.165) is 48.3 Å². The third kappa shape index (κ3) is 4.11. The summed E-state index contributed by atoms with van der Waals surface area (Å²) in [5.41, 5.74) is 4.99. The number of nitrogens with one attached hydrogen (secondary N) is 2. The average Bonchev–Trinajstić information content (AvgIpc) is 2.67. The van der Waals surface area contributed by atoms with Gasteiger partial charge in [0, 0.05) is 11.4 Å². The van der Waals surface area contributed by atoms with Crippen LogP contribution in [0.3, 0.4) is 0 Å². The Morgan fingerprint density at radius 3 is 2.77 bits per heavy atom. The molecule has 2 N–H and O–H groups in total. The number of aromatic nitrogens is 2. The third-order valence-corrected chi connectivity index (χ3v) is 4.75. The highest BCUT2D eigenvalue weighted by Crippen LogP contribution is 2.23. The number of aryl methyl sites for hydroxylation is 1. The van der Waals surface area contributed by atoms with Crippen molar-refractivity contribution in [1.29, 1.82) is 0 Å². The molecular formula is C21H24N4O. The first-order valence-corrected chi connectivity index (χ1v) is 9.20. The molecule has 2 aromatic carbocycles. The second kappa shape index (κ2) is 7.70. The van der Waals surface area contributed by atoms with Crippen LogP contribution < -0.4 is 15.4 Å². The van der Waals surface area contributed by atoms with E-state index >= 15 is 0 Å². The minimum Gasteiger partial charge on any atom is -0.476 e. The summed E-state index contributed by atoms with van der Waals surface area (Å²) in [4.78, 5) is 9.12. The van der Waals surface area contributed by atoms with Crippen molar-refractivity contribution >= 4 is 22.4 Å². The summed E-state index contributed by atoms with van der Waals surface area (Å²) in [5, 5.41) is 6.80. The SMILES string of the molecule is Cc1cccc(Nc2ccc3ncc(OCC4CCNCC4)nc3c2)c1. The van der Waals surface area contributed by atoms with Gasteiger partial charge in [-0.05, 0) is 74.7 Å². The number of rotatable bonds is 5. The van der Waals surface area contributed by atoms with Gasteiger partial charge in [-0.25, -0.2) is 9.97 Å². The lowest BCUT2D eigenvalue weighted by Gasteiger charge is -2.22. The summed E-state index contributed by atoms with van der Waals surface area (Å²) in [7, 11) is 0. The molecule has 1 fully saturated rings. The molecule has 26 heavy (non-hydrogen) atoms. The van der Waals surface area contributed by atoms with Crippen LogP contribution in [-0.2, 0) is 0 Å². The molecule has 0 saturated carbocycles. The standard InChI is InChI=1S/C21H24N4O/c1-15-3-2-4-17(11-15)24-18-5-6-19-20(12-18)25-21(13-23-19)26-14-16-7-9-22-10-8-16/h2-6,11-13,16,22,24H,7-10,14H2,1H3. The van der Waals surface area contributed by atoms with Crippen LogP contribution in [0.5, 0.6) is 5.88 Å². The Morgan fingerprint density at radius 2 is 1.92 bits per heavy atom. The molecule has 4 rings (SSSR count). The summed E-state index contributed by atoms with van der Waals surface area (Å²) in [6.07, 6.45) is 4.04. The molecule has 1 aliphatic heterocycles. The second-order valence-electron chi connectivity index (χ2n) is 6.91. The molecule has 0 aliphatic carbocycles. The van der Waals surface area contributed by atoms with Crippen molar-refractivity contribution in [3.05, 3.63) is 54.2 Å². The molecule has 5 heteroatoms. The van der Waals surface area contributed by atoms with Gasteiger partial charge in [0.05, 0.1) is 23.8 Å². The predicted molar refractivity (Wildman–Crippen MR) is 105 cm³/mol. The van der Waals surface area contributed by atoms with Crippen LogP contribution in [0.2, 0.25) is 0 Å². The molecule has 0 amide bonds. The zero-order valence-electron chi connectivity index (χ0n) is 15.0. The molecule has 0 bridgehead atoms. The van der Waals surface area contributed by atoms with Gasteiger partial charge in [-0.15, -0.1) is 0 Å². The van der Waals surface area contributed by atoms with Gasteiger partial charge in [0.1, 0.15) is 0 Å². The predicted octanol–water partition coefficient (Wildman–Crippen LogP) is 4.06. The van der Waals surface area contributed by atoms with E-state index in [1.165, 1.54) is 5.56 Å². The molecule has 0 atom stereocenters. The van der Waals surface area contributed by atoms with Gasteiger partial charge in [-0.2, -0.15) is 0 Å². The summed E-state index contributed by atoms with van der Waals surface area (Å²) >= 11 is 0. The lowest BCUT2D eigenvalue weighted by atomic mass is 9.99. The number of nitrogens with zero attached hydrogens (tertiary/aromatic N) is 2. The molecule has 3 aromatic rings. The van der Waals surface area contributed by atoms with Gasteiger partial charge >= 0.3 is 0 Å². The number of hydrogen-bond donors (Lipinski definition) is 2. The molecule has 0 unspecified atom stereocenters. The Kier molecular flexibility index (Phi) is 4.97. The van der Waals surface area contributed by atoms with Gasteiger partial charge in [0.15, 0.2) is 0 Å². The van der Waals surface area contributed by atoms with Gasteiger partial charge in [-0.3, -0.25) is 0 Å². The molecule has 1 saturated heterocycles. The van der Waals surface area contributed by atoms with E-state index in [1.54, 1.807) is 6.20 Å². The number of piperidine rings is 1. The molecule has 1 aliphatic rings. The Labute approximate surface area is 153 Å². The third-order valence-electron chi connectivity index (χ3n) is 4.75. The first-order chi connectivity index (χ1) is 12.8. The van der Waals surface area contributed by atoms with Gasteiger partial charge < -0.3 is 15.4 Å². The van der Waals surface area contributed by atoms with Crippen LogP contribution in [-0.4, -0.2) is 29.7 Å². The number of hydrogen-bond acceptors (Lipinski definition) is 5. The normalized spacial score (nSPS) is 15.1. The van der Waals surface area contributed by atoms with E-state index in [-0.39, 0.29) is 0 Å². The summed E-state index contributed by atoms with van der Waals surface area (Å²) in [6, 6.07) is 14.3. The largest absolute Gasteiger partial charge is 0.476 e. The molecule has 134 valence electrons. The maximum absolute atomic E-state index is 5.91. The minimum atomic E-state index is 0.600. The van der Waals surface area contributed by atoms with E-state index in [9.17, 15) is 0 Å². The molecule has 0 radical (unpaired) electrons. The van der Waals surface area contributed by atoms with Crippen LogP contribution in [0.25, 0.3) is 11.0 Å². The van der Waals surface area contributed by atoms with Crippen LogP contribution in [0.1, 0.15) is 18.4 Å². The number of benzene rings is 2. The number of anilines is 2. The molecular weight excluding hydrogens is 324 g/mol. The van der Waals surface area contributed by atoms with Crippen molar-refractivity contribution in [3.8, 4) is 5.88 Å². The van der Waals surface area contributed by atoms with E-state index in [2.05, 4.69) is 45.7 Å². The zero-order valence-corrected chi connectivity index (χ0v) is 15.0. The lowest BCUT2D eigenvalue weighted by molar-refractivity contribution is 0.209. The molecule has 0 spiro atoms. The van der Waals surface area contributed by atoms with E-state index in [4.69, 9.17) is 4.74 Å². The highest BCUT2D eigenvalue weighted by Gasteiger charge is 2.14. The van der Waals surface area contributed by atoms with Gasteiger partial charge in [0.2, 0.25) is 5.88 Å². The van der Waals surface area contributed by atoms with Gasteiger partial charge in [-0.1, -0.05) is 12.1 Å². The molecule has 1 aromatic heterocycles. The summed E-state index contributed by atoms with van der Waals surface area (Å²) in [6.45, 7) is 4.95. The Balaban J connectivity index is 1.48. The quantitative estimate of drug-likeness (QED) is 0.728. The highest BCUT2D eigenvalue weighted by atomic mass is 16.5. The van der Waals surface area contributed by atoms with Crippen LogP contribution in [0.15, 0.2) is 48.7 Å². The topological polar surface area (TPSA) is 59.1 Å². The van der Waals surface area contributed by atoms with E-state index in [1.807, 2.05) is 24.3 Å². The van der Waals surface area contributed by atoms with Crippen molar-refractivity contribution < 1.29 is 4.74 Å². The molecule has 2 heterocycles. The Morgan fingerprint density at radius 1 is 1.08 bits per heavy atom. The van der Waals surface area contributed by atoms with Crippen LogP contribution in [0, 0.1) is 12.8 Å². The first-order valence-electron chi connectivity index (χ1n) is 9.20. The Hall–Kier alpha value is -2.66. The van der Waals surface area contributed by atoms with Crippen molar-refractivity contribution in [1.82, 2.24) is 15.3 Å². The van der Waals surface area contributed by atoms with E-state index in [0.29, 0.717) is 18.4 Å². The lowest BCUT2D eigenvalue weighted by Crippen LogP contribution is -2.30. The summed E-state index contributed by atoms with van der Waals surface area (Å²) < 4.78 is 5.91. The minimum absolute atomic E-state index is 0.600. The number of fused-ring (bicyclic) bond motifs is 1. The maximum atomic E-state index is 5.91. The van der Waals surface area contributed by atoms with Crippen molar-refractivity contribution in [2.24, 2.45) is 5.92 Å². The molecule has 5 nitrogen and oxygen atoms in total. The smallest absolute Gasteiger partial charge is 0.232 e. The zero-order chi connectivity index (χ0) is 17.8. The highest BCUT2D eigenvalue weighted by molar-refractivity contribution is 5.80. The van der Waals surface area contributed by atoms with Crippen LogP contribution in [0.4, 0.5) is 11.4 Å². The fourth-order valence-electron chi connectivity index (χ4n) is 3.28. The van der Waals surface area contributed by atoms with Crippen LogP contribution >= 0.6 is 0 Å². The van der Waals surface area contributed by atoms with Crippen molar-refractivity contribution in [3.63, 3.8) is 0 Å². The number of ether oxygens (including phenoxy) is 1. The van der Waals surface area contributed by atoms with Crippen molar-refractivity contribution in [2.75, 3.05) is 25.0 Å². The monoisotopic (exact) mass is 348 g/mol. The second-order valence-corrected chi connectivity index (χ2v) is 6.91. The average molecular weight is 348 g/mol.